The highest BCUT2D eigenvalue weighted by Gasteiger charge is 2.20. The maximum absolute atomic E-state index is 2.45. The molecule has 0 radical (unpaired) electrons. The Hall–Kier alpha value is 1.38. The van der Waals surface area contributed by atoms with Gasteiger partial charge in [-0.05, 0) is 66.2 Å². The van der Waals surface area contributed by atoms with Crippen molar-refractivity contribution < 1.29 is 66.8 Å². The molecule has 0 saturated heterocycles. The molecule has 0 atom stereocenters. The second kappa shape index (κ2) is 36.6. The number of quaternary nitrogens is 3. The van der Waals surface area contributed by atoms with Crippen LogP contribution in [-0.2, 0) is 0 Å². The predicted molar refractivity (Wildman–Crippen MR) is 173 cm³/mol. The zero-order valence-corrected chi connectivity index (χ0v) is 34.5. The van der Waals surface area contributed by atoms with Gasteiger partial charge in [0.25, 0.3) is 0 Å². The summed E-state index contributed by atoms with van der Waals surface area (Å²) in [6.45, 7) is 36.3. The molecule has 0 aromatic heterocycles. The van der Waals surface area contributed by atoms with Crippen molar-refractivity contribution in [1.82, 2.24) is 0 Å². The number of hydrogen-bond acceptors (Lipinski definition) is 0. The van der Waals surface area contributed by atoms with Gasteiger partial charge < -0.3 is 66.8 Å². The van der Waals surface area contributed by atoms with Gasteiger partial charge in [-0.25, -0.2) is 0 Å². The van der Waals surface area contributed by atoms with Gasteiger partial charge in [-0.15, -0.1) is 0 Å². The Morgan fingerprint density at radius 2 is 0.500 bits per heavy atom. The minimum atomic E-state index is 0. The summed E-state index contributed by atoms with van der Waals surface area (Å²) in [7, 11) is 4.89. The maximum Gasteiger partial charge on any atom is 0.0784 e. The van der Waals surface area contributed by atoms with Gasteiger partial charge in [-0.3, -0.25) is 0 Å². The van der Waals surface area contributed by atoms with Crippen molar-refractivity contribution in [2.24, 2.45) is 0 Å². The molecule has 0 spiro atoms. The third-order valence-corrected chi connectivity index (χ3v) is 8.99. The monoisotopic (exact) mass is 771 g/mol. The molecule has 0 heterocycles. The van der Waals surface area contributed by atoms with Crippen LogP contribution in [0.15, 0.2) is 0 Å². The number of unbranched alkanes of at least 4 members (excludes halogenated alkanes) is 6. The Morgan fingerprint density at radius 1 is 0.350 bits per heavy atom. The van der Waals surface area contributed by atoms with E-state index < -0.39 is 0 Å². The average Bonchev–Trinajstić information content (AvgIpc) is 2.93. The lowest BCUT2D eigenvalue weighted by atomic mass is 10.2. The van der Waals surface area contributed by atoms with E-state index >= 15 is 0 Å². The van der Waals surface area contributed by atoms with Gasteiger partial charge >= 0.3 is 0 Å². The zero-order chi connectivity index (χ0) is 29.1. The van der Waals surface area contributed by atoms with Crippen molar-refractivity contribution in [2.45, 2.75) is 146 Å². The minimum absolute atomic E-state index is 0. The number of rotatable bonds is 22. The first-order valence-corrected chi connectivity index (χ1v) is 17.1. The molecule has 0 aliphatic carbocycles. The highest BCUT2D eigenvalue weighted by molar-refractivity contribution is 4.45. The summed E-state index contributed by atoms with van der Waals surface area (Å²) in [4.78, 5) is 0. The number of nitrogens with zero attached hydrogens (tertiary/aromatic N) is 3. The molecule has 252 valence electrons. The Balaban J connectivity index is -0.000000107. The topological polar surface area (TPSA) is 0 Å². The van der Waals surface area contributed by atoms with Gasteiger partial charge in [-0.1, -0.05) is 80.1 Å². The molecule has 0 saturated carbocycles. The van der Waals surface area contributed by atoms with Crippen molar-refractivity contribution in [3.05, 3.63) is 0 Å². The van der Waals surface area contributed by atoms with E-state index in [1.807, 2.05) is 0 Å². The lowest BCUT2D eigenvalue weighted by Gasteiger charge is -2.34. The van der Waals surface area contributed by atoms with Gasteiger partial charge in [0.15, 0.2) is 0 Å². The molecule has 0 fully saturated rings. The van der Waals surface area contributed by atoms with Crippen LogP contribution in [0.25, 0.3) is 0 Å². The summed E-state index contributed by atoms with van der Waals surface area (Å²) in [6, 6.07) is 0. The highest BCUT2D eigenvalue weighted by Crippen LogP contribution is 2.12. The largest absolute Gasteiger partial charge is 1.00 e. The molecule has 0 unspecified atom stereocenters. The predicted octanol–water partition coefficient (Wildman–Crippen LogP) is 0.561. The van der Waals surface area contributed by atoms with Gasteiger partial charge in [0.05, 0.1) is 79.5 Å². The van der Waals surface area contributed by atoms with Crippen LogP contribution in [0.5, 0.6) is 0 Å². The fourth-order valence-corrected chi connectivity index (χ4v) is 5.25. The van der Waals surface area contributed by atoms with E-state index in [0.29, 0.717) is 0 Å². The molecule has 0 N–H and O–H groups in total. The van der Waals surface area contributed by atoms with Crippen molar-refractivity contribution in [1.29, 1.82) is 0 Å². The normalized spacial score (nSPS) is 11.1. The lowest BCUT2D eigenvalue weighted by Crippen LogP contribution is -3.00. The number of halogens is 3. The summed E-state index contributed by atoms with van der Waals surface area (Å²) in [5.41, 5.74) is 0. The summed E-state index contributed by atoms with van der Waals surface area (Å²) < 4.78 is 3.91. The minimum Gasteiger partial charge on any atom is -1.00 e. The molecule has 3 nitrogen and oxygen atoms in total. The second-order valence-electron chi connectivity index (χ2n) is 12.3. The lowest BCUT2D eigenvalue weighted by molar-refractivity contribution is -0.921. The fraction of sp³-hybridized carbons (Fsp3) is 1.00. The first kappa shape index (κ1) is 53.9. The van der Waals surface area contributed by atoms with Crippen molar-refractivity contribution in [3.63, 3.8) is 0 Å². The smallest absolute Gasteiger partial charge is 0.0784 e. The molecule has 0 bridgehead atoms. The Kier molecular flexibility index (Phi) is 49.3. The molecule has 0 aliphatic rings. The van der Waals surface area contributed by atoms with Crippen LogP contribution >= 0.6 is 0 Å². The van der Waals surface area contributed by atoms with E-state index in [0.717, 1.165) is 0 Å². The van der Waals surface area contributed by atoms with Crippen molar-refractivity contribution in [3.8, 4) is 0 Å². The molecule has 40 heavy (non-hydrogen) atoms. The Bertz CT molecular complexity index is 360. The highest BCUT2D eigenvalue weighted by atomic mass is 127. The molecule has 0 amide bonds. The molecule has 0 rings (SSSR count). The standard InChI is InChI=1S/2C13H30N.C8H20N.BrH.ClH.HI/c2*1-5-8-11-14(4,12-9-6-2)13-10-7-3;1-5-9(6-2,7-3)8-4;;;/h2*5-13H2,1-4H3;5-8H2,1-4H3;3*1H/q3*+1;;;/p-3. The summed E-state index contributed by atoms with van der Waals surface area (Å²) in [6.07, 6.45) is 16.4. The summed E-state index contributed by atoms with van der Waals surface area (Å²) >= 11 is 0. The van der Waals surface area contributed by atoms with E-state index in [1.165, 1.54) is 156 Å². The third-order valence-electron chi connectivity index (χ3n) is 8.99. The maximum atomic E-state index is 2.45. The van der Waals surface area contributed by atoms with Crippen molar-refractivity contribution >= 4 is 0 Å². The molecular formula is C34H80BrClIN3. The van der Waals surface area contributed by atoms with E-state index in [9.17, 15) is 0 Å². The third kappa shape index (κ3) is 30.8. The van der Waals surface area contributed by atoms with Crippen LogP contribution in [0.1, 0.15) is 146 Å². The molecule has 6 heteroatoms. The van der Waals surface area contributed by atoms with E-state index in [-0.39, 0.29) is 53.4 Å². The molecule has 0 aliphatic heterocycles. The Morgan fingerprint density at radius 3 is 0.575 bits per heavy atom. The van der Waals surface area contributed by atoms with E-state index in [2.05, 4.69) is 83.3 Å². The van der Waals surface area contributed by atoms with E-state index in [1.54, 1.807) is 0 Å². The van der Waals surface area contributed by atoms with Crippen molar-refractivity contribution in [2.75, 3.05) is 79.5 Å². The average molecular weight is 773 g/mol. The van der Waals surface area contributed by atoms with Gasteiger partial charge in [0.1, 0.15) is 0 Å². The van der Waals surface area contributed by atoms with Crippen LogP contribution in [0.2, 0.25) is 0 Å². The molecular weight excluding hydrogens is 693 g/mol. The SMILES string of the molecule is CCCC[N+](C)(CCCC)CCCC.CCCC[N+](C)(CCCC)CCCC.CC[N+](CC)(CC)CC.[Br-].[Cl-].[I-]. The van der Waals surface area contributed by atoms with Crippen LogP contribution in [-0.4, -0.2) is 93.0 Å². The van der Waals surface area contributed by atoms with Gasteiger partial charge in [-0.2, -0.15) is 0 Å². The molecule has 0 aromatic carbocycles. The van der Waals surface area contributed by atoms with Crippen LogP contribution < -0.4 is 53.4 Å². The van der Waals surface area contributed by atoms with Gasteiger partial charge in [0.2, 0.25) is 0 Å². The zero-order valence-electron chi connectivity index (χ0n) is 30.0. The summed E-state index contributed by atoms with van der Waals surface area (Å²) in [5.74, 6) is 0. The van der Waals surface area contributed by atoms with Crippen LogP contribution in [0.4, 0.5) is 0 Å². The Labute approximate surface area is 291 Å². The first-order valence-electron chi connectivity index (χ1n) is 17.1. The van der Waals surface area contributed by atoms with Crippen LogP contribution in [0, 0.1) is 0 Å². The number of hydrogen-bond donors (Lipinski definition) is 0. The quantitative estimate of drug-likeness (QED) is 0.112. The summed E-state index contributed by atoms with van der Waals surface area (Å²) in [5, 5.41) is 0. The molecule has 0 aromatic rings. The van der Waals surface area contributed by atoms with Gasteiger partial charge in [0, 0.05) is 0 Å². The fourth-order valence-electron chi connectivity index (χ4n) is 5.25. The van der Waals surface area contributed by atoms with Crippen LogP contribution in [0.3, 0.4) is 0 Å². The van der Waals surface area contributed by atoms with E-state index in [4.69, 9.17) is 0 Å². The second-order valence-corrected chi connectivity index (χ2v) is 12.3. The first-order chi connectivity index (χ1) is 17.6.